The highest BCUT2D eigenvalue weighted by atomic mass is 17.2. The molecule has 1 aliphatic rings. The Morgan fingerprint density at radius 1 is 1.29 bits per heavy atom. The van der Waals surface area contributed by atoms with Gasteiger partial charge in [-0.15, -0.1) is 0 Å². The Morgan fingerprint density at radius 3 is 2.71 bits per heavy atom. The monoisotopic (exact) mass is 235 g/mol. The molecule has 0 atom stereocenters. The van der Waals surface area contributed by atoms with Gasteiger partial charge < -0.3 is 4.90 Å². The van der Waals surface area contributed by atoms with Gasteiger partial charge in [0, 0.05) is 26.0 Å². The second-order valence-electron chi connectivity index (χ2n) is 3.83. The zero-order chi connectivity index (χ0) is 12.4. The average molecular weight is 235 g/mol. The van der Waals surface area contributed by atoms with Crippen molar-refractivity contribution in [3.05, 3.63) is 23.8 Å². The van der Waals surface area contributed by atoms with Crippen LogP contribution in [0.1, 0.15) is 19.4 Å². The molecule has 0 N–H and O–H groups in total. The molecule has 0 saturated carbocycles. The zero-order valence-corrected chi connectivity index (χ0v) is 9.73. The maximum Gasteiger partial charge on any atom is 0.352 e. The number of nitrogens with zero attached hydrogens (tertiary/aromatic N) is 1. The fraction of sp³-hybridized carbons (Fsp3) is 0.333. The van der Waals surface area contributed by atoms with Crippen LogP contribution in [0.25, 0.3) is 0 Å². The van der Waals surface area contributed by atoms with Gasteiger partial charge in [0.2, 0.25) is 5.91 Å². The molecule has 0 bridgehead atoms. The smallest absolute Gasteiger partial charge is 0.312 e. The van der Waals surface area contributed by atoms with Crippen LogP contribution in [0.4, 0.5) is 5.69 Å². The SMILES string of the molecule is CC(=O)OOc1cccc2c1CCN2C(C)=O. The highest BCUT2D eigenvalue weighted by Crippen LogP contribution is 2.35. The number of benzene rings is 1. The van der Waals surface area contributed by atoms with Crippen LogP contribution in [0.2, 0.25) is 0 Å². The predicted molar refractivity (Wildman–Crippen MR) is 60.6 cm³/mol. The number of fused-ring (bicyclic) bond motifs is 1. The van der Waals surface area contributed by atoms with E-state index in [2.05, 4.69) is 4.89 Å². The van der Waals surface area contributed by atoms with Crippen molar-refractivity contribution in [1.29, 1.82) is 0 Å². The second-order valence-corrected chi connectivity index (χ2v) is 3.83. The van der Waals surface area contributed by atoms with E-state index in [0.29, 0.717) is 18.7 Å². The van der Waals surface area contributed by atoms with Gasteiger partial charge in [0.25, 0.3) is 0 Å². The van der Waals surface area contributed by atoms with Crippen molar-refractivity contribution < 1.29 is 19.4 Å². The summed E-state index contributed by atoms with van der Waals surface area (Å²) in [6.07, 6.45) is 0.701. The van der Waals surface area contributed by atoms with E-state index in [1.54, 1.807) is 17.0 Å². The standard InChI is InChI=1S/C12H13NO4/c1-8(14)13-7-6-10-11(13)4-3-5-12(10)17-16-9(2)15/h3-5H,6-7H2,1-2H3. The van der Waals surface area contributed by atoms with E-state index in [0.717, 1.165) is 11.3 Å². The van der Waals surface area contributed by atoms with E-state index < -0.39 is 5.97 Å². The Bertz CT molecular complexity index is 470. The molecule has 0 radical (unpaired) electrons. The summed E-state index contributed by atoms with van der Waals surface area (Å²) in [6, 6.07) is 5.33. The molecule has 90 valence electrons. The van der Waals surface area contributed by atoms with Gasteiger partial charge in [-0.3, -0.25) is 14.6 Å². The summed E-state index contributed by atoms with van der Waals surface area (Å²) in [4.78, 5) is 33.2. The molecule has 1 heterocycles. The Kier molecular flexibility index (Phi) is 2.99. The first kappa shape index (κ1) is 11.4. The Hall–Kier alpha value is -2.04. The Morgan fingerprint density at radius 2 is 2.06 bits per heavy atom. The van der Waals surface area contributed by atoms with Gasteiger partial charge >= 0.3 is 5.97 Å². The van der Waals surface area contributed by atoms with Crippen LogP contribution in [0.5, 0.6) is 5.75 Å². The fourth-order valence-electron chi connectivity index (χ4n) is 1.91. The fourth-order valence-corrected chi connectivity index (χ4v) is 1.91. The van der Waals surface area contributed by atoms with E-state index in [1.165, 1.54) is 13.8 Å². The minimum Gasteiger partial charge on any atom is -0.312 e. The highest BCUT2D eigenvalue weighted by Gasteiger charge is 2.25. The summed E-state index contributed by atoms with van der Waals surface area (Å²) >= 11 is 0. The third-order valence-electron chi connectivity index (χ3n) is 2.61. The molecule has 1 aromatic rings. The van der Waals surface area contributed by atoms with Crippen molar-refractivity contribution in [2.45, 2.75) is 20.3 Å². The third-order valence-corrected chi connectivity index (χ3v) is 2.61. The van der Waals surface area contributed by atoms with Gasteiger partial charge in [-0.25, -0.2) is 4.79 Å². The molecule has 0 spiro atoms. The molecule has 0 fully saturated rings. The molecule has 0 saturated heterocycles. The molecular weight excluding hydrogens is 222 g/mol. The van der Waals surface area contributed by atoms with Crippen LogP contribution in [0.15, 0.2) is 18.2 Å². The summed E-state index contributed by atoms with van der Waals surface area (Å²) in [6.45, 7) is 3.42. The lowest BCUT2D eigenvalue weighted by atomic mass is 10.1. The van der Waals surface area contributed by atoms with Crippen LogP contribution in [0.3, 0.4) is 0 Å². The van der Waals surface area contributed by atoms with Gasteiger partial charge in [0.1, 0.15) is 0 Å². The van der Waals surface area contributed by atoms with Crippen LogP contribution >= 0.6 is 0 Å². The van der Waals surface area contributed by atoms with Crippen molar-refractivity contribution in [2.24, 2.45) is 0 Å². The lowest BCUT2D eigenvalue weighted by molar-refractivity contribution is -0.211. The lowest BCUT2D eigenvalue weighted by Gasteiger charge is -2.14. The maximum atomic E-state index is 11.4. The second kappa shape index (κ2) is 4.45. The van der Waals surface area contributed by atoms with Crippen molar-refractivity contribution in [3.63, 3.8) is 0 Å². The first-order valence-corrected chi connectivity index (χ1v) is 5.34. The highest BCUT2D eigenvalue weighted by molar-refractivity contribution is 5.94. The topological polar surface area (TPSA) is 55.8 Å². The third kappa shape index (κ3) is 2.22. The van der Waals surface area contributed by atoms with E-state index in [-0.39, 0.29) is 5.91 Å². The number of carbonyl (C=O) groups is 2. The molecular formula is C12H13NO4. The minimum atomic E-state index is -0.510. The van der Waals surface area contributed by atoms with Crippen molar-refractivity contribution in [1.82, 2.24) is 0 Å². The number of hydrogen-bond donors (Lipinski definition) is 0. The van der Waals surface area contributed by atoms with Gasteiger partial charge in [-0.05, 0) is 18.6 Å². The number of amides is 1. The molecule has 2 rings (SSSR count). The number of carbonyl (C=O) groups excluding carboxylic acids is 2. The largest absolute Gasteiger partial charge is 0.352 e. The van der Waals surface area contributed by atoms with Gasteiger partial charge in [0.05, 0.1) is 5.69 Å². The Labute approximate surface area is 98.9 Å². The average Bonchev–Trinajstić information content (AvgIpc) is 2.70. The first-order valence-electron chi connectivity index (χ1n) is 5.34. The predicted octanol–water partition coefficient (Wildman–Crippen LogP) is 1.45. The van der Waals surface area contributed by atoms with E-state index >= 15 is 0 Å². The van der Waals surface area contributed by atoms with E-state index in [1.807, 2.05) is 6.07 Å². The van der Waals surface area contributed by atoms with Crippen molar-refractivity contribution in [2.75, 3.05) is 11.4 Å². The molecule has 0 unspecified atom stereocenters. The normalized spacial score (nSPS) is 13.2. The maximum absolute atomic E-state index is 11.4. The van der Waals surface area contributed by atoms with E-state index in [4.69, 9.17) is 4.89 Å². The zero-order valence-electron chi connectivity index (χ0n) is 9.73. The van der Waals surface area contributed by atoms with E-state index in [9.17, 15) is 9.59 Å². The summed E-state index contributed by atoms with van der Waals surface area (Å²) in [5.74, 6) is -0.0288. The minimum absolute atomic E-state index is 0.00612. The number of hydrogen-bond acceptors (Lipinski definition) is 4. The molecule has 5 nitrogen and oxygen atoms in total. The summed E-state index contributed by atoms with van der Waals surface area (Å²) in [5, 5.41) is 0. The first-order chi connectivity index (χ1) is 8.09. The van der Waals surface area contributed by atoms with Crippen LogP contribution < -0.4 is 9.79 Å². The molecule has 17 heavy (non-hydrogen) atoms. The van der Waals surface area contributed by atoms with Crippen LogP contribution in [-0.4, -0.2) is 18.4 Å². The van der Waals surface area contributed by atoms with Crippen LogP contribution in [-0.2, 0) is 20.9 Å². The molecule has 0 aliphatic carbocycles. The molecule has 5 heteroatoms. The summed E-state index contributed by atoms with van der Waals surface area (Å²) < 4.78 is 0. The van der Waals surface area contributed by atoms with Crippen molar-refractivity contribution in [3.8, 4) is 5.75 Å². The molecule has 1 aromatic carbocycles. The lowest BCUT2D eigenvalue weighted by Crippen LogP contribution is -2.25. The summed E-state index contributed by atoms with van der Waals surface area (Å²) in [5.41, 5.74) is 1.71. The van der Waals surface area contributed by atoms with Gasteiger partial charge in [-0.2, -0.15) is 0 Å². The number of rotatable bonds is 2. The molecule has 1 aliphatic heterocycles. The Balaban J connectivity index is 2.26. The van der Waals surface area contributed by atoms with Gasteiger partial charge in [0.15, 0.2) is 5.75 Å². The quantitative estimate of drug-likeness (QED) is 0.575. The summed E-state index contributed by atoms with van der Waals surface area (Å²) in [7, 11) is 0. The van der Waals surface area contributed by atoms with Gasteiger partial charge in [-0.1, -0.05) is 6.07 Å². The van der Waals surface area contributed by atoms with Crippen molar-refractivity contribution >= 4 is 17.6 Å². The number of anilines is 1. The molecule has 1 amide bonds. The van der Waals surface area contributed by atoms with Crippen LogP contribution in [0, 0.1) is 0 Å². The molecule has 0 aromatic heterocycles.